The Morgan fingerprint density at radius 1 is 1.08 bits per heavy atom. The van der Waals surface area contributed by atoms with E-state index in [0.29, 0.717) is 10.0 Å². The van der Waals surface area contributed by atoms with E-state index in [-0.39, 0.29) is 9.77 Å². The standard InChI is InChI=1S/C18H14ClNO4S2/c1-11-2-7-14(20-26(23,24)17-9-8-16(19)25-17)10-15(11)12-3-5-13(6-4-12)18(21)22/h2-10,20H,1H3,(H,21,22). The largest absolute Gasteiger partial charge is 0.478 e. The summed E-state index contributed by atoms with van der Waals surface area (Å²) in [4.78, 5) is 11.0. The number of halogens is 1. The second-order valence-electron chi connectivity index (χ2n) is 5.58. The average molecular weight is 408 g/mol. The average Bonchev–Trinajstić information content (AvgIpc) is 3.04. The number of hydrogen-bond acceptors (Lipinski definition) is 4. The normalized spacial score (nSPS) is 11.3. The molecule has 0 saturated heterocycles. The maximum Gasteiger partial charge on any atom is 0.335 e. The molecule has 0 aliphatic carbocycles. The smallest absolute Gasteiger partial charge is 0.335 e. The fraction of sp³-hybridized carbons (Fsp3) is 0.0556. The quantitative estimate of drug-likeness (QED) is 0.631. The Morgan fingerprint density at radius 2 is 1.77 bits per heavy atom. The van der Waals surface area contributed by atoms with Crippen molar-refractivity contribution in [1.29, 1.82) is 0 Å². The third-order valence-electron chi connectivity index (χ3n) is 3.75. The molecule has 0 fully saturated rings. The van der Waals surface area contributed by atoms with Gasteiger partial charge in [0.2, 0.25) is 0 Å². The molecule has 0 aliphatic rings. The first-order valence-electron chi connectivity index (χ1n) is 7.49. The van der Waals surface area contributed by atoms with E-state index >= 15 is 0 Å². The number of nitrogens with one attached hydrogen (secondary N) is 1. The lowest BCUT2D eigenvalue weighted by Crippen LogP contribution is -2.11. The maximum absolute atomic E-state index is 12.4. The van der Waals surface area contributed by atoms with Gasteiger partial charge in [0.25, 0.3) is 10.0 Å². The van der Waals surface area contributed by atoms with Crippen molar-refractivity contribution in [2.75, 3.05) is 4.72 Å². The van der Waals surface area contributed by atoms with Crippen LogP contribution in [0.4, 0.5) is 5.69 Å². The van der Waals surface area contributed by atoms with E-state index in [1.807, 2.05) is 6.92 Å². The predicted octanol–water partition coefficient (Wildman–Crippen LogP) is 4.88. The van der Waals surface area contributed by atoms with Gasteiger partial charge in [0.05, 0.1) is 9.90 Å². The fourth-order valence-electron chi connectivity index (χ4n) is 2.44. The molecule has 0 bridgehead atoms. The number of rotatable bonds is 5. The van der Waals surface area contributed by atoms with Gasteiger partial charge in [0.15, 0.2) is 0 Å². The van der Waals surface area contributed by atoms with Crippen molar-refractivity contribution in [3.8, 4) is 11.1 Å². The first-order valence-corrected chi connectivity index (χ1v) is 10.2. The van der Waals surface area contributed by atoms with E-state index in [0.717, 1.165) is 28.0 Å². The summed E-state index contributed by atoms with van der Waals surface area (Å²) in [6.07, 6.45) is 0. The van der Waals surface area contributed by atoms with Gasteiger partial charge in [0.1, 0.15) is 4.21 Å². The van der Waals surface area contributed by atoms with Gasteiger partial charge in [-0.05, 0) is 60.0 Å². The minimum absolute atomic E-state index is 0.135. The molecular weight excluding hydrogens is 394 g/mol. The molecule has 5 nitrogen and oxygen atoms in total. The lowest BCUT2D eigenvalue weighted by atomic mass is 9.99. The SMILES string of the molecule is Cc1ccc(NS(=O)(=O)c2ccc(Cl)s2)cc1-c1ccc(C(=O)O)cc1. The minimum Gasteiger partial charge on any atom is -0.478 e. The van der Waals surface area contributed by atoms with Gasteiger partial charge in [-0.2, -0.15) is 0 Å². The molecule has 0 saturated carbocycles. The van der Waals surface area contributed by atoms with Crippen LogP contribution in [0.1, 0.15) is 15.9 Å². The highest BCUT2D eigenvalue weighted by molar-refractivity contribution is 7.94. The predicted molar refractivity (Wildman–Crippen MR) is 104 cm³/mol. The Bertz CT molecular complexity index is 1070. The van der Waals surface area contributed by atoms with Crippen LogP contribution in [0.3, 0.4) is 0 Å². The first-order chi connectivity index (χ1) is 12.3. The highest BCUT2D eigenvalue weighted by Gasteiger charge is 2.17. The van der Waals surface area contributed by atoms with Crippen LogP contribution in [0.25, 0.3) is 11.1 Å². The Hall–Kier alpha value is -2.35. The maximum atomic E-state index is 12.4. The van der Waals surface area contributed by atoms with Gasteiger partial charge in [-0.25, -0.2) is 13.2 Å². The van der Waals surface area contributed by atoms with Crippen LogP contribution >= 0.6 is 22.9 Å². The molecule has 26 heavy (non-hydrogen) atoms. The van der Waals surface area contributed by atoms with Gasteiger partial charge in [-0.1, -0.05) is 29.8 Å². The van der Waals surface area contributed by atoms with E-state index in [1.54, 1.807) is 30.3 Å². The molecule has 3 aromatic rings. The lowest BCUT2D eigenvalue weighted by molar-refractivity contribution is 0.0697. The van der Waals surface area contributed by atoms with Crippen molar-refractivity contribution < 1.29 is 18.3 Å². The van der Waals surface area contributed by atoms with Crippen molar-refractivity contribution in [2.24, 2.45) is 0 Å². The molecule has 0 spiro atoms. The van der Waals surface area contributed by atoms with Crippen molar-refractivity contribution in [1.82, 2.24) is 0 Å². The van der Waals surface area contributed by atoms with Gasteiger partial charge >= 0.3 is 5.97 Å². The Morgan fingerprint density at radius 3 is 2.35 bits per heavy atom. The number of benzene rings is 2. The molecule has 8 heteroatoms. The van der Waals surface area contributed by atoms with E-state index in [9.17, 15) is 13.2 Å². The number of carboxylic acid groups (broad SMARTS) is 1. The third kappa shape index (κ3) is 3.90. The van der Waals surface area contributed by atoms with Gasteiger partial charge in [0, 0.05) is 5.69 Å². The molecule has 2 N–H and O–H groups in total. The number of carbonyl (C=O) groups is 1. The first kappa shape index (κ1) is 18.4. The van der Waals surface area contributed by atoms with E-state index in [1.165, 1.54) is 24.3 Å². The molecule has 3 rings (SSSR count). The van der Waals surface area contributed by atoms with Crippen LogP contribution in [0, 0.1) is 6.92 Å². The summed E-state index contributed by atoms with van der Waals surface area (Å²) in [6.45, 7) is 1.90. The molecule has 134 valence electrons. The molecule has 0 atom stereocenters. The van der Waals surface area contributed by atoms with E-state index < -0.39 is 16.0 Å². The number of aryl methyl sites for hydroxylation is 1. The molecule has 0 amide bonds. The monoisotopic (exact) mass is 407 g/mol. The summed E-state index contributed by atoms with van der Waals surface area (Å²) in [5, 5.41) is 9.00. The summed E-state index contributed by atoms with van der Waals surface area (Å²) in [6, 6.07) is 14.6. The van der Waals surface area contributed by atoms with Crippen LogP contribution in [-0.2, 0) is 10.0 Å². The van der Waals surface area contributed by atoms with Crippen molar-refractivity contribution in [3.05, 3.63) is 70.1 Å². The molecule has 0 radical (unpaired) electrons. The fourth-order valence-corrected chi connectivity index (χ4v) is 4.97. The number of hydrogen-bond donors (Lipinski definition) is 2. The molecule has 0 aliphatic heterocycles. The van der Waals surface area contributed by atoms with E-state index in [4.69, 9.17) is 16.7 Å². The Labute approximate surface area is 159 Å². The number of anilines is 1. The zero-order valence-corrected chi connectivity index (χ0v) is 16.0. The van der Waals surface area contributed by atoms with Gasteiger partial charge in [-0.3, -0.25) is 4.72 Å². The van der Waals surface area contributed by atoms with Crippen LogP contribution in [-0.4, -0.2) is 19.5 Å². The molecule has 1 aromatic heterocycles. The number of carboxylic acids is 1. The summed E-state index contributed by atoms with van der Waals surface area (Å²) in [7, 11) is -3.72. The topological polar surface area (TPSA) is 83.5 Å². The summed E-state index contributed by atoms with van der Waals surface area (Å²) in [5.41, 5.74) is 3.16. The third-order valence-corrected chi connectivity index (χ3v) is 6.85. The number of sulfonamides is 1. The van der Waals surface area contributed by atoms with E-state index in [2.05, 4.69) is 4.72 Å². The molecule has 0 unspecified atom stereocenters. The van der Waals surface area contributed by atoms with Crippen molar-refractivity contribution in [2.45, 2.75) is 11.1 Å². The second-order valence-corrected chi connectivity index (χ2v) is 9.20. The van der Waals surface area contributed by atoms with Crippen LogP contribution < -0.4 is 4.72 Å². The highest BCUT2D eigenvalue weighted by Crippen LogP contribution is 2.30. The zero-order valence-electron chi connectivity index (χ0n) is 13.6. The second kappa shape index (κ2) is 7.11. The zero-order chi connectivity index (χ0) is 18.9. The number of thiophene rings is 1. The lowest BCUT2D eigenvalue weighted by Gasteiger charge is -2.11. The summed E-state index contributed by atoms with van der Waals surface area (Å²) < 4.78 is 28.0. The Kier molecular flexibility index (Phi) is 5.04. The van der Waals surface area contributed by atoms with Crippen LogP contribution in [0.5, 0.6) is 0 Å². The number of aromatic carboxylic acids is 1. The van der Waals surface area contributed by atoms with Crippen molar-refractivity contribution in [3.63, 3.8) is 0 Å². The van der Waals surface area contributed by atoms with Crippen LogP contribution in [0.15, 0.2) is 58.8 Å². The summed E-state index contributed by atoms with van der Waals surface area (Å²) >= 11 is 6.80. The van der Waals surface area contributed by atoms with Crippen molar-refractivity contribution >= 4 is 44.6 Å². The molecular formula is C18H14ClNO4S2. The Balaban J connectivity index is 1.94. The van der Waals surface area contributed by atoms with Crippen LogP contribution in [0.2, 0.25) is 4.34 Å². The molecule has 2 aromatic carbocycles. The summed E-state index contributed by atoms with van der Waals surface area (Å²) in [5.74, 6) is -0.996. The minimum atomic E-state index is -3.72. The highest BCUT2D eigenvalue weighted by atomic mass is 35.5. The molecule has 1 heterocycles. The van der Waals surface area contributed by atoms with Gasteiger partial charge in [-0.15, -0.1) is 11.3 Å². The van der Waals surface area contributed by atoms with Gasteiger partial charge < -0.3 is 5.11 Å².